The number of nitrogens with zero attached hydrogens (tertiary/aromatic N) is 1. The van der Waals surface area contributed by atoms with Crippen LogP contribution in [0.4, 0.5) is 5.69 Å². The number of carbonyl (C=O) groups is 1. The lowest BCUT2D eigenvalue weighted by Crippen LogP contribution is -2.26. The van der Waals surface area contributed by atoms with E-state index < -0.39 is 10.0 Å². The van der Waals surface area contributed by atoms with E-state index in [1.165, 1.54) is 16.4 Å². The topological polar surface area (TPSA) is 75.7 Å². The third-order valence-electron chi connectivity index (χ3n) is 4.21. The number of hydrogen-bond donors (Lipinski definition) is 1. The molecule has 0 unspecified atom stereocenters. The van der Waals surface area contributed by atoms with Crippen molar-refractivity contribution in [2.75, 3.05) is 19.0 Å². The van der Waals surface area contributed by atoms with Crippen molar-refractivity contribution in [2.24, 2.45) is 0 Å². The van der Waals surface area contributed by atoms with Gasteiger partial charge < -0.3 is 10.1 Å². The van der Waals surface area contributed by atoms with Gasteiger partial charge in [-0.05, 0) is 42.0 Å². The SMILES string of the molecule is CN(Cc1ccccc1)S(=O)(=O)c1ccc(OCC(=O)Nc2ccccc2)cc1. The second-order valence-electron chi connectivity index (χ2n) is 6.42. The number of ether oxygens (including phenoxy) is 1. The number of anilines is 1. The number of benzene rings is 3. The molecule has 3 aromatic rings. The molecule has 0 aliphatic carbocycles. The van der Waals surface area contributed by atoms with Crippen LogP contribution >= 0.6 is 0 Å². The van der Waals surface area contributed by atoms with Crippen LogP contribution in [0.15, 0.2) is 89.8 Å². The summed E-state index contributed by atoms with van der Waals surface area (Å²) in [5.74, 6) is 0.119. The minimum Gasteiger partial charge on any atom is -0.484 e. The fraction of sp³-hybridized carbons (Fsp3) is 0.136. The number of sulfonamides is 1. The maximum Gasteiger partial charge on any atom is 0.262 e. The molecule has 0 aromatic heterocycles. The zero-order valence-corrected chi connectivity index (χ0v) is 16.8. The Morgan fingerprint density at radius 1 is 0.897 bits per heavy atom. The number of carbonyl (C=O) groups excluding carboxylic acids is 1. The second kappa shape index (κ2) is 9.36. The Bertz CT molecular complexity index is 1040. The van der Waals surface area contributed by atoms with Crippen molar-refractivity contribution >= 4 is 21.6 Å². The van der Waals surface area contributed by atoms with Crippen LogP contribution in [0.2, 0.25) is 0 Å². The first-order valence-electron chi connectivity index (χ1n) is 9.03. The highest BCUT2D eigenvalue weighted by Crippen LogP contribution is 2.20. The number of nitrogens with one attached hydrogen (secondary N) is 1. The molecule has 0 aliphatic rings. The molecule has 0 aliphatic heterocycles. The number of hydrogen-bond acceptors (Lipinski definition) is 4. The van der Waals surface area contributed by atoms with Gasteiger partial charge in [-0.1, -0.05) is 48.5 Å². The fourth-order valence-electron chi connectivity index (χ4n) is 2.68. The summed E-state index contributed by atoms with van der Waals surface area (Å²) in [6, 6.07) is 24.5. The normalized spacial score (nSPS) is 11.2. The molecule has 29 heavy (non-hydrogen) atoms. The van der Waals surface area contributed by atoms with Crippen LogP contribution in [0.3, 0.4) is 0 Å². The van der Waals surface area contributed by atoms with Gasteiger partial charge in [-0.15, -0.1) is 0 Å². The van der Waals surface area contributed by atoms with Crippen LogP contribution in [0.1, 0.15) is 5.56 Å². The third-order valence-corrected chi connectivity index (χ3v) is 6.03. The smallest absolute Gasteiger partial charge is 0.262 e. The maximum atomic E-state index is 12.7. The number of amides is 1. The summed E-state index contributed by atoms with van der Waals surface area (Å²) in [7, 11) is -2.09. The van der Waals surface area contributed by atoms with Crippen molar-refractivity contribution in [1.29, 1.82) is 0 Å². The van der Waals surface area contributed by atoms with Gasteiger partial charge in [-0.2, -0.15) is 4.31 Å². The number of rotatable bonds is 8. The summed E-state index contributed by atoms with van der Waals surface area (Å²) in [5, 5.41) is 2.72. The van der Waals surface area contributed by atoms with E-state index in [1.807, 2.05) is 48.5 Å². The highest BCUT2D eigenvalue weighted by Gasteiger charge is 2.20. The predicted octanol–water partition coefficient (Wildman–Crippen LogP) is 3.52. The zero-order chi connectivity index (χ0) is 20.7. The fourth-order valence-corrected chi connectivity index (χ4v) is 3.84. The molecule has 0 saturated carbocycles. The molecule has 150 valence electrons. The van der Waals surface area contributed by atoms with E-state index in [2.05, 4.69) is 5.32 Å². The Morgan fingerprint density at radius 3 is 2.10 bits per heavy atom. The molecular formula is C22H22N2O4S. The van der Waals surface area contributed by atoms with E-state index in [1.54, 1.807) is 31.3 Å². The molecule has 1 amide bonds. The minimum atomic E-state index is -3.63. The van der Waals surface area contributed by atoms with Gasteiger partial charge >= 0.3 is 0 Å². The zero-order valence-electron chi connectivity index (χ0n) is 16.0. The van der Waals surface area contributed by atoms with Gasteiger partial charge in [0, 0.05) is 19.3 Å². The van der Waals surface area contributed by atoms with Crippen molar-refractivity contribution in [3.05, 3.63) is 90.5 Å². The average molecular weight is 410 g/mol. The van der Waals surface area contributed by atoms with Crippen LogP contribution in [0, 0.1) is 0 Å². The van der Waals surface area contributed by atoms with E-state index in [-0.39, 0.29) is 24.0 Å². The molecular weight excluding hydrogens is 388 g/mol. The lowest BCUT2D eigenvalue weighted by atomic mass is 10.2. The van der Waals surface area contributed by atoms with Crippen LogP contribution in [0.25, 0.3) is 0 Å². The quantitative estimate of drug-likeness (QED) is 0.616. The first-order valence-corrected chi connectivity index (χ1v) is 10.5. The van der Waals surface area contributed by atoms with Gasteiger partial charge in [0.1, 0.15) is 5.75 Å². The summed E-state index contributed by atoms with van der Waals surface area (Å²) in [6.07, 6.45) is 0. The summed E-state index contributed by atoms with van der Waals surface area (Å²) in [4.78, 5) is 12.1. The van der Waals surface area contributed by atoms with E-state index in [0.717, 1.165) is 5.56 Å². The van der Waals surface area contributed by atoms with Crippen LogP contribution in [-0.2, 0) is 21.4 Å². The number of para-hydroxylation sites is 1. The summed E-state index contributed by atoms with van der Waals surface area (Å²) >= 11 is 0. The summed E-state index contributed by atoms with van der Waals surface area (Å²) < 4.78 is 32.2. The largest absolute Gasteiger partial charge is 0.484 e. The second-order valence-corrected chi connectivity index (χ2v) is 8.47. The van der Waals surface area contributed by atoms with E-state index >= 15 is 0 Å². The van der Waals surface area contributed by atoms with Crippen molar-refractivity contribution in [1.82, 2.24) is 4.31 Å². The minimum absolute atomic E-state index is 0.164. The summed E-state index contributed by atoms with van der Waals surface area (Å²) in [5.41, 5.74) is 1.59. The van der Waals surface area contributed by atoms with Crippen LogP contribution in [-0.4, -0.2) is 32.3 Å². The highest BCUT2D eigenvalue weighted by molar-refractivity contribution is 7.89. The van der Waals surface area contributed by atoms with Gasteiger partial charge in [0.15, 0.2) is 6.61 Å². The van der Waals surface area contributed by atoms with Crippen LogP contribution < -0.4 is 10.1 Å². The molecule has 0 spiro atoms. The first kappa shape index (κ1) is 20.6. The van der Waals surface area contributed by atoms with E-state index in [9.17, 15) is 13.2 Å². The molecule has 0 radical (unpaired) electrons. The predicted molar refractivity (Wildman–Crippen MR) is 112 cm³/mol. The molecule has 3 aromatic carbocycles. The Kier molecular flexibility index (Phi) is 6.64. The Labute approximate surface area is 170 Å². The monoisotopic (exact) mass is 410 g/mol. The van der Waals surface area contributed by atoms with Gasteiger partial charge in [0.25, 0.3) is 5.91 Å². The van der Waals surface area contributed by atoms with Gasteiger partial charge in [0.2, 0.25) is 10.0 Å². The molecule has 0 saturated heterocycles. The molecule has 6 nitrogen and oxygen atoms in total. The first-order chi connectivity index (χ1) is 13.9. The van der Waals surface area contributed by atoms with Crippen molar-refractivity contribution < 1.29 is 17.9 Å². The maximum absolute atomic E-state index is 12.7. The summed E-state index contributed by atoms with van der Waals surface area (Å²) in [6.45, 7) is 0.107. The molecule has 0 atom stereocenters. The Hall–Kier alpha value is -3.16. The lowest BCUT2D eigenvalue weighted by Gasteiger charge is -2.17. The van der Waals surface area contributed by atoms with Gasteiger partial charge in [0.05, 0.1) is 4.90 Å². The van der Waals surface area contributed by atoms with Gasteiger partial charge in [-0.25, -0.2) is 8.42 Å². The third kappa shape index (κ3) is 5.66. The van der Waals surface area contributed by atoms with Crippen LogP contribution in [0.5, 0.6) is 5.75 Å². The van der Waals surface area contributed by atoms with Crippen molar-refractivity contribution in [3.8, 4) is 5.75 Å². The standard InChI is InChI=1S/C22H22N2O4S/c1-24(16-18-8-4-2-5-9-18)29(26,27)21-14-12-20(13-15-21)28-17-22(25)23-19-10-6-3-7-11-19/h2-15H,16-17H2,1H3,(H,23,25). The molecule has 7 heteroatoms. The molecule has 1 N–H and O–H groups in total. The highest BCUT2D eigenvalue weighted by atomic mass is 32.2. The Morgan fingerprint density at radius 2 is 1.48 bits per heavy atom. The van der Waals surface area contributed by atoms with E-state index in [4.69, 9.17) is 4.74 Å². The Balaban J connectivity index is 1.58. The molecule has 0 bridgehead atoms. The van der Waals surface area contributed by atoms with Gasteiger partial charge in [-0.3, -0.25) is 4.79 Å². The molecule has 3 rings (SSSR count). The van der Waals surface area contributed by atoms with Crippen molar-refractivity contribution in [3.63, 3.8) is 0 Å². The average Bonchev–Trinajstić information content (AvgIpc) is 2.74. The van der Waals surface area contributed by atoms with Crippen molar-refractivity contribution in [2.45, 2.75) is 11.4 Å². The molecule has 0 fully saturated rings. The lowest BCUT2D eigenvalue weighted by molar-refractivity contribution is -0.118. The molecule has 0 heterocycles. The van der Waals surface area contributed by atoms with E-state index in [0.29, 0.717) is 11.4 Å².